The van der Waals surface area contributed by atoms with Crippen LogP contribution in [0, 0.1) is 5.41 Å². The van der Waals surface area contributed by atoms with Crippen molar-refractivity contribution in [3.63, 3.8) is 0 Å². The number of aliphatic hydroxyl groups excluding tert-OH is 1. The lowest BCUT2D eigenvalue weighted by Gasteiger charge is -2.15. The van der Waals surface area contributed by atoms with Gasteiger partial charge < -0.3 is 10.8 Å². The molecule has 0 spiro atoms. The SMILES string of the molecule is N=C(N)CC(SCCO)c1ccccc1. The van der Waals surface area contributed by atoms with Crippen LogP contribution in [0.15, 0.2) is 30.3 Å². The molecule has 0 heterocycles. The summed E-state index contributed by atoms with van der Waals surface area (Å²) >= 11 is 1.63. The maximum atomic E-state index is 8.79. The van der Waals surface area contributed by atoms with E-state index in [1.165, 1.54) is 0 Å². The number of rotatable bonds is 6. The Labute approximate surface area is 94.2 Å². The molecule has 1 atom stereocenters. The predicted octanol–water partition coefficient (Wildman–Crippen LogP) is 1.78. The van der Waals surface area contributed by atoms with Crippen LogP contribution in [0.1, 0.15) is 17.2 Å². The van der Waals surface area contributed by atoms with Crippen LogP contribution >= 0.6 is 11.8 Å². The third-order valence-electron chi connectivity index (χ3n) is 1.99. The molecule has 0 aliphatic heterocycles. The number of thioether (sulfide) groups is 1. The summed E-state index contributed by atoms with van der Waals surface area (Å²) in [6, 6.07) is 9.96. The van der Waals surface area contributed by atoms with E-state index in [1.807, 2.05) is 30.3 Å². The molecule has 1 rings (SSSR count). The molecule has 1 unspecified atom stereocenters. The van der Waals surface area contributed by atoms with Crippen molar-refractivity contribution in [2.24, 2.45) is 5.73 Å². The minimum Gasteiger partial charge on any atom is -0.396 e. The van der Waals surface area contributed by atoms with Crippen molar-refractivity contribution in [2.75, 3.05) is 12.4 Å². The van der Waals surface area contributed by atoms with Crippen molar-refractivity contribution in [2.45, 2.75) is 11.7 Å². The van der Waals surface area contributed by atoms with Crippen LogP contribution in [0.2, 0.25) is 0 Å². The smallest absolute Gasteiger partial charge is 0.0919 e. The van der Waals surface area contributed by atoms with Gasteiger partial charge in [0.25, 0.3) is 0 Å². The van der Waals surface area contributed by atoms with Gasteiger partial charge in [-0.15, -0.1) is 0 Å². The maximum absolute atomic E-state index is 8.79. The van der Waals surface area contributed by atoms with Gasteiger partial charge in [0.1, 0.15) is 0 Å². The van der Waals surface area contributed by atoms with Crippen molar-refractivity contribution in [1.29, 1.82) is 5.41 Å². The zero-order valence-corrected chi connectivity index (χ0v) is 9.33. The summed E-state index contributed by atoms with van der Waals surface area (Å²) in [4.78, 5) is 0. The zero-order chi connectivity index (χ0) is 11.1. The summed E-state index contributed by atoms with van der Waals surface area (Å²) in [5.41, 5.74) is 6.57. The van der Waals surface area contributed by atoms with Gasteiger partial charge in [0.05, 0.1) is 12.4 Å². The minimum atomic E-state index is 0.159. The summed E-state index contributed by atoms with van der Waals surface area (Å²) < 4.78 is 0. The van der Waals surface area contributed by atoms with Gasteiger partial charge in [0.2, 0.25) is 0 Å². The largest absolute Gasteiger partial charge is 0.396 e. The van der Waals surface area contributed by atoms with Gasteiger partial charge in [-0.2, -0.15) is 11.8 Å². The highest BCUT2D eigenvalue weighted by atomic mass is 32.2. The molecule has 0 fully saturated rings. The van der Waals surface area contributed by atoms with Crippen LogP contribution in [-0.2, 0) is 0 Å². The second-order valence-corrected chi connectivity index (χ2v) is 4.53. The molecule has 1 aromatic rings. The standard InChI is InChI=1S/C11H16N2OS/c12-11(13)8-10(15-7-6-14)9-4-2-1-3-5-9/h1-5,10,14H,6-8H2,(H3,12,13). The van der Waals surface area contributed by atoms with E-state index in [0.717, 1.165) is 5.56 Å². The topological polar surface area (TPSA) is 70.1 Å². The van der Waals surface area contributed by atoms with Gasteiger partial charge in [0, 0.05) is 17.4 Å². The van der Waals surface area contributed by atoms with Crippen LogP contribution in [-0.4, -0.2) is 23.3 Å². The average Bonchev–Trinajstić information content (AvgIpc) is 2.25. The fourth-order valence-electron chi connectivity index (χ4n) is 1.34. The maximum Gasteiger partial charge on any atom is 0.0919 e. The molecule has 4 heteroatoms. The Hall–Kier alpha value is -1.00. The predicted molar refractivity (Wildman–Crippen MR) is 65.3 cm³/mol. The van der Waals surface area contributed by atoms with Crippen LogP contribution in [0.4, 0.5) is 0 Å². The lowest BCUT2D eigenvalue weighted by atomic mass is 10.1. The van der Waals surface area contributed by atoms with Crippen LogP contribution in [0.25, 0.3) is 0 Å². The number of aliphatic hydroxyl groups is 1. The monoisotopic (exact) mass is 224 g/mol. The van der Waals surface area contributed by atoms with Gasteiger partial charge in [-0.1, -0.05) is 30.3 Å². The quantitative estimate of drug-likeness (QED) is 0.509. The molecule has 0 bridgehead atoms. The van der Waals surface area contributed by atoms with E-state index in [-0.39, 0.29) is 17.7 Å². The normalized spacial score (nSPS) is 12.3. The molecule has 82 valence electrons. The molecule has 4 N–H and O–H groups in total. The second kappa shape index (κ2) is 6.48. The van der Waals surface area contributed by atoms with Gasteiger partial charge in [0.15, 0.2) is 0 Å². The highest BCUT2D eigenvalue weighted by Crippen LogP contribution is 2.31. The van der Waals surface area contributed by atoms with E-state index in [1.54, 1.807) is 11.8 Å². The van der Waals surface area contributed by atoms with Gasteiger partial charge in [-0.05, 0) is 5.56 Å². The number of amidine groups is 1. The van der Waals surface area contributed by atoms with E-state index in [4.69, 9.17) is 16.2 Å². The Morgan fingerprint density at radius 1 is 1.40 bits per heavy atom. The molecular formula is C11H16N2OS. The first-order chi connectivity index (χ1) is 7.24. The van der Waals surface area contributed by atoms with E-state index in [0.29, 0.717) is 12.2 Å². The number of benzene rings is 1. The summed E-state index contributed by atoms with van der Waals surface area (Å²) in [6.45, 7) is 0.159. The van der Waals surface area contributed by atoms with E-state index in [9.17, 15) is 0 Å². The van der Waals surface area contributed by atoms with Gasteiger partial charge >= 0.3 is 0 Å². The second-order valence-electron chi connectivity index (χ2n) is 3.22. The van der Waals surface area contributed by atoms with Crippen LogP contribution in [0.3, 0.4) is 0 Å². The molecule has 0 amide bonds. The molecular weight excluding hydrogens is 208 g/mol. The number of nitrogens with one attached hydrogen (secondary N) is 1. The Bertz CT molecular complexity index is 303. The number of hydrogen-bond donors (Lipinski definition) is 3. The zero-order valence-electron chi connectivity index (χ0n) is 8.52. The molecule has 0 aliphatic carbocycles. The van der Waals surface area contributed by atoms with Crippen molar-refractivity contribution in [1.82, 2.24) is 0 Å². The first-order valence-corrected chi connectivity index (χ1v) is 5.89. The molecule has 1 aromatic carbocycles. The van der Waals surface area contributed by atoms with E-state index >= 15 is 0 Å². The third kappa shape index (κ3) is 4.36. The number of hydrogen-bond acceptors (Lipinski definition) is 3. The van der Waals surface area contributed by atoms with Crippen molar-refractivity contribution in [3.05, 3.63) is 35.9 Å². The summed E-state index contributed by atoms with van der Waals surface area (Å²) in [5, 5.41) is 16.3. The van der Waals surface area contributed by atoms with Crippen molar-refractivity contribution < 1.29 is 5.11 Å². The Balaban J connectivity index is 2.67. The lowest BCUT2D eigenvalue weighted by Crippen LogP contribution is -2.13. The summed E-state index contributed by atoms with van der Waals surface area (Å²) in [5.74, 6) is 0.863. The Morgan fingerprint density at radius 3 is 2.60 bits per heavy atom. The Kier molecular flexibility index (Phi) is 5.21. The minimum absolute atomic E-state index is 0.159. The van der Waals surface area contributed by atoms with E-state index < -0.39 is 0 Å². The number of nitrogens with two attached hydrogens (primary N) is 1. The highest BCUT2D eigenvalue weighted by molar-refractivity contribution is 7.99. The first kappa shape index (κ1) is 12.1. The first-order valence-electron chi connectivity index (χ1n) is 4.84. The fourth-order valence-corrected chi connectivity index (χ4v) is 2.37. The highest BCUT2D eigenvalue weighted by Gasteiger charge is 2.12. The summed E-state index contributed by atoms with van der Waals surface area (Å²) in [7, 11) is 0. The van der Waals surface area contributed by atoms with Crippen molar-refractivity contribution >= 4 is 17.6 Å². The fraction of sp³-hybridized carbons (Fsp3) is 0.364. The molecule has 15 heavy (non-hydrogen) atoms. The van der Waals surface area contributed by atoms with Crippen LogP contribution in [0.5, 0.6) is 0 Å². The molecule has 0 radical (unpaired) electrons. The van der Waals surface area contributed by atoms with Gasteiger partial charge in [-0.25, -0.2) is 0 Å². The van der Waals surface area contributed by atoms with Gasteiger partial charge in [-0.3, -0.25) is 5.41 Å². The average molecular weight is 224 g/mol. The summed E-state index contributed by atoms with van der Waals surface area (Å²) in [6.07, 6.45) is 0.536. The lowest BCUT2D eigenvalue weighted by molar-refractivity contribution is 0.322. The molecule has 0 saturated carbocycles. The molecule has 0 saturated heterocycles. The van der Waals surface area contributed by atoms with E-state index in [2.05, 4.69) is 0 Å². The molecule has 0 aromatic heterocycles. The Morgan fingerprint density at radius 2 is 2.07 bits per heavy atom. The van der Waals surface area contributed by atoms with Crippen LogP contribution < -0.4 is 5.73 Å². The third-order valence-corrected chi connectivity index (χ3v) is 3.25. The molecule has 3 nitrogen and oxygen atoms in total. The molecule has 0 aliphatic rings. The van der Waals surface area contributed by atoms with Crippen molar-refractivity contribution in [3.8, 4) is 0 Å².